The van der Waals surface area contributed by atoms with Gasteiger partial charge in [-0.25, -0.2) is 4.68 Å². The van der Waals surface area contributed by atoms with Crippen LogP contribution >= 0.6 is 0 Å². The fourth-order valence-corrected chi connectivity index (χ4v) is 3.90. The van der Waals surface area contributed by atoms with Crippen LogP contribution in [0.25, 0.3) is 5.69 Å². The third-order valence-electron chi connectivity index (χ3n) is 5.61. The van der Waals surface area contributed by atoms with Crippen molar-refractivity contribution in [1.82, 2.24) is 9.78 Å². The van der Waals surface area contributed by atoms with Gasteiger partial charge in [0, 0.05) is 29.9 Å². The van der Waals surface area contributed by atoms with Crippen molar-refractivity contribution in [1.29, 1.82) is 0 Å². The maximum atomic E-state index is 13.6. The Morgan fingerprint density at radius 3 is 2.44 bits per heavy atom. The van der Waals surface area contributed by atoms with Gasteiger partial charge in [-0.1, -0.05) is 6.08 Å². The first-order valence-corrected chi connectivity index (χ1v) is 10.8. The third-order valence-corrected chi connectivity index (χ3v) is 5.61. The zero-order valence-corrected chi connectivity index (χ0v) is 18.8. The van der Waals surface area contributed by atoms with E-state index in [1.54, 1.807) is 66.6 Å². The van der Waals surface area contributed by atoms with Gasteiger partial charge in [-0.2, -0.15) is 5.10 Å². The number of nitrogens with one attached hydrogen (secondary N) is 1. The van der Waals surface area contributed by atoms with Crippen LogP contribution in [0.3, 0.4) is 0 Å². The molecule has 0 saturated carbocycles. The van der Waals surface area contributed by atoms with Crippen LogP contribution in [0.4, 0.5) is 11.4 Å². The Kier molecular flexibility index (Phi) is 6.44. The molecule has 1 aliphatic heterocycles. The highest BCUT2D eigenvalue weighted by molar-refractivity contribution is 6.09. The van der Waals surface area contributed by atoms with Gasteiger partial charge in [0.2, 0.25) is 5.91 Å². The largest absolute Gasteiger partial charge is 0.497 e. The van der Waals surface area contributed by atoms with Crippen LogP contribution in [0.5, 0.6) is 5.75 Å². The van der Waals surface area contributed by atoms with E-state index >= 15 is 0 Å². The summed E-state index contributed by atoms with van der Waals surface area (Å²) in [7, 11) is 1.56. The molecule has 0 bridgehead atoms. The fourth-order valence-electron chi connectivity index (χ4n) is 3.90. The lowest BCUT2D eigenvalue weighted by atomic mass is 10.0. The van der Waals surface area contributed by atoms with E-state index in [1.807, 2.05) is 0 Å². The molecule has 0 fully saturated rings. The summed E-state index contributed by atoms with van der Waals surface area (Å²) < 4.78 is 6.66. The van der Waals surface area contributed by atoms with Crippen molar-refractivity contribution in [3.8, 4) is 11.4 Å². The number of nitrogens with zero attached hydrogens (tertiary/aromatic N) is 3. The second-order valence-corrected chi connectivity index (χ2v) is 7.78. The Morgan fingerprint density at radius 2 is 1.82 bits per heavy atom. The van der Waals surface area contributed by atoms with Gasteiger partial charge in [-0.05, 0) is 61.4 Å². The number of hydrogen-bond donors (Lipinski definition) is 2. The van der Waals surface area contributed by atoms with Gasteiger partial charge >= 0.3 is 0 Å². The van der Waals surface area contributed by atoms with Crippen molar-refractivity contribution in [2.24, 2.45) is 5.73 Å². The number of anilines is 2. The van der Waals surface area contributed by atoms with Crippen LogP contribution in [0.1, 0.15) is 39.4 Å². The number of primary amides is 1. The molecule has 1 aromatic heterocycles. The molecule has 0 unspecified atom stereocenters. The molecular weight excluding hydrogens is 434 g/mol. The van der Waals surface area contributed by atoms with Crippen LogP contribution in [-0.2, 0) is 11.2 Å². The van der Waals surface area contributed by atoms with E-state index in [-0.39, 0.29) is 17.5 Å². The predicted octanol–water partition coefficient (Wildman–Crippen LogP) is 3.09. The SMILES string of the molecule is C=CCCC(=O)Nc1ccc(N2CCc3c(C(N)=O)nn(-c4ccc(OC)cc4)c3C2=O)cc1. The summed E-state index contributed by atoms with van der Waals surface area (Å²) in [5.74, 6) is -0.417. The molecule has 0 atom stereocenters. The Hall–Kier alpha value is -4.40. The number of allylic oxidation sites excluding steroid dienone is 1. The van der Waals surface area contributed by atoms with Gasteiger partial charge in [-0.3, -0.25) is 14.4 Å². The number of hydrogen-bond acceptors (Lipinski definition) is 5. The molecule has 0 aliphatic carbocycles. The molecule has 3 aromatic rings. The van der Waals surface area contributed by atoms with Crippen LogP contribution in [0.15, 0.2) is 61.2 Å². The van der Waals surface area contributed by atoms with Crippen molar-refractivity contribution in [3.05, 3.63) is 78.1 Å². The predicted molar refractivity (Wildman–Crippen MR) is 129 cm³/mol. The van der Waals surface area contributed by atoms with Gasteiger partial charge in [-0.15, -0.1) is 6.58 Å². The molecule has 2 heterocycles. The second kappa shape index (κ2) is 9.62. The summed E-state index contributed by atoms with van der Waals surface area (Å²) >= 11 is 0. The Morgan fingerprint density at radius 1 is 1.15 bits per heavy atom. The summed E-state index contributed by atoms with van der Waals surface area (Å²) in [5.41, 5.74) is 8.40. The summed E-state index contributed by atoms with van der Waals surface area (Å²) in [6.45, 7) is 3.98. The molecular formula is C25H25N5O4. The fraction of sp³-hybridized carbons (Fsp3) is 0.200. The third kappa shape index (κ3) is 4.40. The number of carbonyl (C=O) groups excluding carboxylic acids is 3. The smallest absolute Gasteiger partial charge is 0.277 e. The van der Waals surface area contributed by atoms with Crippen LogP contribution in [-0.4, -0.2) is 41.2 Å². The first-order chi connectivity index (χ1) is 16.4. The number of ether oxygens (including phenoxy) is 1. The van der Waals surface area contributed by atoms with Gasteiger partial charge in [0.1, 0.15) is 11.4 Å². The molecule has 2 aromatic carbocycles. The van der Waals surface area contributed by atoms with Crippen LogP contribution in [0, 0.1) is 0 Å². The summed E-state index contributed by atoms with van der Waals surface area (Å²) in [6, 6.07) is 14.1. The molecule has 9 nitrogen and oxygen atoms in total. The minimum atomic E-state index is -0.679. The molecule has 174 valence electrons. The van der Waals surface area contributed by atoms with Gasteiger partial charge in [0.05, 0.1) is 12.8 Å². The molecule has 4 rings (SSSR count). The van der Waals surface area contributed by atoms with Crippen LogP contribution < -0.4 is 20.7 Å². The topological polar surface area (TPSA) is 120 Å². The first-order valence-electron chi connectivity index (χ1n) is 10.8. The lowest BCUT2D eigenvalue weighted by Gasteiger charge is -2.28. The average Bonchev–Trinajstić information content (AvgIpc) is 3.25. The average molecular weight is 460 g/mol. The summed E-state index contributed by atoms with van der Waals surface area (Å²) in [6.07, 6.45) is 3.08. The van der Waals surface area contributed by atoms with Crippen molar-refractivity contribution in [2.45, 2.75) is 19.3 Å². The zero-order valence-electron chi connectivity index (χ0n) is 18.8. The van der Waals surface area contributed by atoms with E-state index in [2.05, 4.69) is 17.0 Å². The maximum Gasteiger partial charge on any atom is 0.277 e. The molecule has 9 heteroatoms. The highest BCUT2D eigenvalue weighted by Gasteiger charge is 2.34. The molecule has 1 aliphatic rings. The van der Waals surface area contributed by atoms with Crippen molar-refractivity contribution >= 4 is 29.1 Å². The monoisotopic (exact) mass is 459 g/mol. The molecule has 0 spiro atoms. The van der Waals surface area contributed by atoms with Crippen molar-refractivity contribution in [2.75, 3.05) is 23.9 Å². The number of amides is 3. The van der Waals surface area contributed by atoms with E-state index < -0.39 is 5.91 Å². The number of benzene rings is 2. The van der Waals surface area contributed by atoms with E-state index in [0.717, 1.165) is 0 Å². The first kappa shape index (κ1) is 22.8. The normalized spacial score (nSPS) is 12.7. The highest BCUT2D eigenvalue weighted by Crippen LogP contribution is 2.30. The second-order valence-electron chi connectivity index (χ2n) is 7.78. The lowest BCUT2D eigenvalue weighted by Crippen LogP contribution is -2.39. The number of rotatable bonds is 8. The highest BCUT2D eigenvalue weighted by atomic mass is 16.5. The quantitative estimate of drug-likeness (QED) is 0.502. The zero-order chi connectivity index (χ0) is 24.2. The van der Waals surface area contributed by atoms with Crippen LogP contribution in [0.2, 0.25) is 0 Å². The summed E-state index contributed by atoms with van der Waals surface area (Å²) in [4.78, 5) is 39.2. The minimum Gasteiger partial charge on any atom is -0.497 e. The Labute approximate surface area is 196 Å². The van der Waals surface area contributed by atoms with Crippen molar-refractivity contribution in [3.63, 3.8) is 0 Å². The lowest BCUT2D eigenvalue weighted by molar-refractivity contribution is -0.116. The van der Waals surface area contributed by atoms with Gasteiger partial charge in [0.15, 0.2) is 5.69 Å². The molecule has 34 heavy (non-hydrogen) atoms. The number of aromatic nitrogens is 2. The van der Waals surface area contributed by atoms with E-state index in [9.17, 15) is 14.4 Å². The Bertz CT molecular complexity index is 1250. The van der Waals surface area contributed by atoms with Crippen molar-refractivity contribution < 1.29 is 19.1 Å². The van der Waals surface area contributed by atoms with E-state index in [1.165, 1.54) is 4.68 Å². The number of nitrogens with two attached hydrogens (primary N) is 1. The number of fused-ring (bicyclic) bond motifs is 1. The molecule has 0 radical (unpaired) electrons. The minimum absolute atomic E-state index is 0.0939. The standard InChI is InChI=1S/C25H25N5O4/c1-3-4-5-21(31)27-16-6-8-17(9-7-16)29-15-14-20-22(24(26)32)28-30(23(20)25(29)33)18-10-12-19(34-2)13-11-18/h3,6-13H,1,4-5,14-15H2,2H3,(H2,26,32)(H,27,31). The number of carbonyl (C=O) groups is 3. The van der Waals surface area contributed by atoms with Gasteiger partial charge < -0.3 is 20.7 Å². The molecule has 3 N–H and O–H groups in total. The maximum absolute atomic E-state index is 13.6. The molecule has 3 amide bonds. The Balaban J connectivity index is 1.64. The van der Waals surface area contributed by atoms with Gasteiger partial charge in [0.25, 0.3) is 11.8 Å². The van der Waals surface area contributed by atoms with E-state index in [0.29, 0.717) is 59.9 Å². The van der Waals surface area contributed by atoms with E-state index in [4.69, 9.17) is 10.5 Å². The number of methoxy groups -OCH3 is 1. The summed E-state index contributed by atoms with van der Waals surface area (Å²) in [5, 5.41) is 7.19. The molecule has 0 saturated heterocycles.